The smallest absolute Gasteiger partial charge is 0.166 e. The van der Waals surface area contributed by atoms with Crippen molar-refractivity contribution >= 4 is 33.3 Å². The lowest BCUT2D eigenvalue weighted by atomic mass is 9.95. The van der Waals surface area contributed by atoms with Crippen LogP contribution in [0.25, 0.3) is 0 Å². The summed E-state index contributed by atoms with van der Waals surface area (Å²) in [6.07, 6.45) is 1.66. The Labute approximate surface area is 125 Å². The van der Waals surface area contributed by atoms with E-state index < -0.39 is 0 Å². The van der Waals surface area contributed by atoms with E-state index in [1.807, 2.05) is 18.2 Å². The molecule has 0 radical (unpaired) electrons. The van der Waals surface area contributed by atoms with E-state index in [9.17, 15) is 4.79 Å². The van der Waals surface area contributed by atoms with Crippen molar-refractivity contribution in [1.82, 2.24) is 0 Å². The molecule has 0 aliphatic heterocycles. The Morgan fingerprint density at radius 3 is 2.32 bits per heavy atom. The highest BCUT2D eigenvalue weighted by atomic mass is 79.9. The fraction of sp³-hybridized carbons (Fsp3) is 0.188. The number of benzene rings is 2. The maximum atomic E-state index is 12.5. The molecule has 2 aromatic rings. The van der Waals surface area contributed by atoms with Gasteiger partial charge in [0.1, 0.15) is 0 Å². The Bertz CT molecular complexity index is 606. The first-order valence-corrected chi connectivity index (χ1v) is 7.37. The van der Waals surface area contributed by atoms with E-state index in [1.54, 1.807) is 12.1 Å². The van der Waals surface area contributed by atoms with E-state index in [0.29, 0.717) is 10.6 Å². The van der Waals surface area contributed by atoms with Crippen molar-refractivity contribution in [3.63, 3.8) is 0 Å². The molecule has 0 N–H and O–H groups in total. The number of rotatable bonds is 2. The van der Waals surface area contributed by atoms with Gasteiger partial charge in [0.2, 0.25) is 0 Å². The highest BCUT2D eigenvalue weighted by Crippen LogP contribution is 2.30. The molecule has 0 saturated heterocycles. The summed E-state index contributed by atoms with van der Waals surface area (Å²) >= 11 is 9.39. The Kier molecular flexibility index (Phi) is 3.46. The van der Waals surface area contributed by atoms with Crippen LogP contribution in [0.3, 0.4) is 0 Å². The van der Waals surface area contributed by atoms with Crippen molar-refractivity contribution in [3.8, 4) is 0 Å². The van der Waals surface area contributed by atoms with E-state index in [2.05, 4.69) is 28.1 Å². The predicted molar refractivity (Wildman–Crippen MR) is 80.8 cm³/mol. The fourth-order valence-electron chi connectivity index (χ4n) is 2.68. The topological polar surface area (TPSA) is 17.1 Å². The van der Waals surface area contributed by atoms with Crippen LogP contribution in [0, 0.1) is 5.92 Å². The molecule has 19 heavy (non-hydrogen) atoms. The molecule has 0 spiro atoms. The van der Waals surface area contributed by atoms with Crippen molar-refractivity contribution < 1.29 is 4.79 Å². The number of halogens is 2. The van der Waals surface area contributed by atoms with Crippen LogP contribution in [0.1, 0.15) is 21.5 Å². The summed E-state index contributed by atoms with van der Waals surface area (Å²) in [7, 11) is 0. The molecule has 1 aliphatic rings. The molecule has 0 heterocycles. The molecule has 3 heteroatoms. The number of fused-ring (bicyclic) bond motifs is 1. The Morgan fingerprint density at radius 2 is 1.74 bits per heavy atom. The zero-order valence-electron chi connectivity index (χ0n) is 10.2. The maximum absolute atomic E-state index is 12.5. The number of carbonyl (C=O) groups is 1. The van der Waals surface area contributed by atoms with Crippen LogP contribution in [-0.2, 0) is 12.8 Å². The average Bonchev–Trinajstić information content (AvgIpc) is 2.80. The van der Waals surface area contributed by atoms with Crippen LogP contribution in [-0.4, -0.2) is 5.78 Å². The molecule has 0 saturated carbocycles. The van der Waals surface area contributed by atoms with Gasteiger partial charge in [-0.15, -0.1) is 0 Å². The molecular formula is C16H12BrClO. The number of carbonyl (C=O) groups excluding carboxylic acids is 1. The molecule has 0 aromatic heterocycles. The molecule has 96 valence electrons. The molecule has 0 fully saturated rings. The van der Waals surface area contributed by atoms with Crippen molar-refractivity contribution in [2.24, 2.45) is 5.92 Å². The minimum absolute atomic E-state index is 0.0442. The van der Waals surface area contributed by atoms with Gasteiger partial charge in [0.25, 0.3) is 0 Å². The molecular weight excluding hydrogens is 324 g/mol. The quantitative estimate of drug-likeness (QED) is 0.727. The average molecular weight is 336 g/mol. The standard InChI is InChI=1S/C16H12BrClO/c17-14-7-13(8-15(18)9-14)16(19)12-5-10-3-1-2-4-11(10)6-12/h1-4,7-9,12H,5-6H2. The second kappa shape index (κ2) is 5.10. The van der Waals surface area contributed by atoms with E-state index in [-0.39, 0.29) is 11.7 Å². The monoisotopic (exact) mass is 334 g/mol. The third kappa shape index (κ3) is 2.60. The van der Waals surface area contributed by atoms with Crippen LogP contribution >= 0.6 is 27.5 Å². The van der Waals surface area contributed by atoms with Crippen LogP contribution < -0.4 is 0 Å². The third-order valence-electron chi connectivity index (χ3n) is 3.57. The summed E-state index contributed by atoms with van der Waals surface area (Å²) in [6.45, 7) is 0. The van der Waals surface area contributed by atoms with Gasteiger partial charge in [-0.1, -0.05) is 51.8 Å². The van der Waals surface area contributed by atoms with Gasteiger partial charge in [0.15, 0.2) is 5.78 Å². The van der Waals surface area contributed by atoms with E-state index in [1.165, 1.54) is 11.1 Å². The number of ketones is 1. The lowest BCUT2D eigenvalue weighted by molar-refractivity contribution is 0.0924. The summed E-state index contributed by atoms with van der Waals surface area (Å²) in [5, 5.41) is 0.591. The highest BCUT2D eigenvalue weighted by Gasteiger charge is 2.27. The largest absolute Gasteiger partial charge is 0.294 e. The zero-order valence-corrected chi connectivity index (χ0v) is 12.5. The van der Waals surface area contributed by atoms with Crippen LogP contribution in [0.4, 0.5) is 0 Å². The first-order valence-electron chi connectivity index (χ1n) is 6.20. The van der Waals surface area contributed by atoms with Gasteiger partial charge < -0.3 is 0 Å². The second-order valence-corrected chi connectivity index (χ2v) is 6.25. The van der Waals surface area contributed by atoms with Gasteiger partial charge in [-0.2, -0.15) is 0 Å². The molecule has 3 rings (SSSR count). The Morgan fingerprint density at radius 1 is 1.11 bits per heavy atom. The maximum Gasteiger partial charge on any atom is 0.166 e. The van der Waals surface area contributed by atoms with E-state index in [0.717, 1.165) is 17.3 Å². The summed E-state index contributed by atoms with van der Waals surface area (Å²) in [5.41, 5.74) is 3.28. The zero-order chi connectivity index (χ0) is 13.4. The summed E-state index contributed by atoms with van der Waals surface area (Å²) in [4.78, 5) is 12.5. The molecule has 0 amide bonds. The van der Waals surface area contributed by atoms with Crippen LogP contribution in [0.15, 0.2) is 46.9 Å². The summed E-state index contributed by atoms with van der Waals surface area (Å²) in [6, 6.07) is 13.7. The number of hydrogen-bond acceptors (Lipinski definition) is 1. The van der Waals surface area contributed by atoms with Crippen molar-refractivity contribution in [3.05, 3.63) is 68.7 Å². The molecule has 1 aliphatic carbocycles. The lowest BCUT2D eigenvalue weighted by Gasteiger charge is -2.09. The van der Waals surface area contributed by atoms with Crippen molar-refractivity contribution in [2.75, 3.05) is 0 Å². The minimum atomic E-state index is 0.0442. The Balaban J connectivity index is 1.87. The molecule has 0 atom stereocenters. The third-order valence-corrected chi connectivity index (χ3v) is 4.24. The van der Waals surface area contributed by atoms with Crippen LogP contribution in [0.2, 0.25) is 5.02 Å². The summed E-state index contributed by atoms with van der Waals surface area (Å²) in [5.74, 6) is 0.224. The van der Waals surface area contributed by atoms with Crippen LogP contribution in [0.5, 0.6) is 0 Å². The first kappa shape index (κ1) is 12.9. The number of Topliss-reactive ketones (excluding diaryl/α,β-unsaturated/α-hetero) is 1. The molecule has 2 aromatic carbocycles. The van der Waals surface area contributed by atoms with Gasteiger partial charge in [-0.25, -0.2) is 0 Å². The van der Waals surface area contributed by atoms with E-state index in [4.69, 9.17) is 11.6 Å². The van der Waals surface area contributed by atoms with Gasteiger partial charge in [0.05, 0.1) is 0 Å². The number of hydrogen-bond donors (Lipinski definition) is 0. The molecule has 0 unspecified atom stereocenters. The van der Waals surface area contributed by atoms with Crippen molar-refractivity contribution in [1.29, 1.82) is 0 Å². The minimum Gasteiger partial charge on any atom is -0.294 e. The lowest BCUT2D eigenvalue weighted by Crippen LogP contribution is -2.15. The Hall–Kier alpha value is -1.12. The molecule has 1 nitrogen and oxygen atoms in total. The van der Waals surface area contributed by atoms with Crippen molar-refractivity contribution in [2.45, 2.75) is 12.8 Å². The fourth-order valence-corrected chi connectivity index (χ4v) is 3.54. The van der Waals surface area contributed by atoms with Gasteiger partial charge in [-0.05, 0) is 42.2 Å². The normalized spacial score (nSPS) is 14.4. The second-order valence-electron chi connectivity index (χ2n) is 4.90. The van der Waals surface area contributed by atoms with E-state index >= 15 is 0 Å². The first-order chi connectivity index (χ1) is 9.13. The predicted octanol–water partition coefficient (Wildman–Crippen LogP) is 4.70. The van der Waals surface area contributed by atoms with Gasteiger partial charge in [0, 0.05) is 21.0 Å². The van der Waals surface area contributed by atoms with Gasteiger partial charge in [-0.3, -0.25) is 4.79 Å². The van der Waals surface area contributed by atoms with Gasteiger partial charge >= 0.3 is 0 Å². The summed E-state index contributed by atoms with van der Waals surface area (Å²) < 4.78 is 0.846. The SMILES string of the molecule is O=C(c1cc(Cl)cc(Br)c1)C1Cc2ccccc2C1. The molecule has 0 bridgehead atoms. The highest BCUT2D eigenvalue weighted by molar-refractivity contribution is 9.10.